The number of fused-ring (bicyclic) bond motifs is 1. The van der Waals surface area contributed by atoms with E-state index < -0.39 is 0 Å². The molecule has 0 saturated heterocycles. The lowest BCUT2D eigenvalue weighted by atomic mass is 10.1. The van der Waals surface area contributed by atoms with Crippen molar-refractivity contribution in [1.29, 1.82) is 0 Å². The Kier molecular flexibility index (Phi) is 4.01. The summed E-state index contributed by atoms with van der Waals surface area (Å²) in [6.07, 6.45) is 2.47. The van der Waals surface area contributed by atoms with Crippen LogP contribution in [0.15, 0.2) is 64.0 Å². The minimum atomic E-state index is -0.327. The van der Waals surface area contributed by atoms with Gasteiger partial charge in [-0.3, -0.25) is 9.59 Å². The van der Waals surface area contributed by atoms with Crippen molar-refractivity contribution in [2.24, 2.45) is 0 Å². The Labute approximate surface area is 127 Å². The summed E-state index contributed by atoms with van der Waals surface area (Å²) in [4.78, 5) is 22.7. The second-order valence-electron chi connectivity index (χ2n) is 4.88. The van der Waals surface area contributed by atoms with Gasteiger partial charge >= 0.3 is 0 Å². The zero-order valence-electron chi connectivity index (χ0n) is 11.8. The zero-order valence-corrected chi connectivity index (χ0v) is 11.8. The molecule has 0 unspecified atom stereocenters. The van der Waals surface area contributed by atoms with Crippen LogP contribution < -0.4 is 10.2 Å². The van der Waals surface area contributed by atoms with E-state index in [-0.39, 0.29) is 11.0 Å². The molecular weight excluding hydrogens is 280 g/mol. The van der Waals surface area contributed by atoms with E-state index >= 15 is 0 Å². The van der Waals surface area contributed by atoms with E-state index in [1.54, 1.807) is 18.2 Å². The van der Waals surface area contributed by atoms with Crippen molar-refractivity contribution in [3.8, 4) is 5.75 Å². The third-order valence-electron chi connectivity index (χ3n) is 3.40. The first-order valence-corrected chi connectivity index (χ1v) is 6.95. The lowest BCUT2D eigenvalue weighted by Crippen LogP contribution is -2.07. The molecular formula is C18H14O4. The van der Waals surface area contributed by atoms with Crippen LogP contribution >= 0.6 is 0 Å². The molecule has 0 aliphatic heterocycles. The second-order valence-corrected chi connectivity index (χ2v) is 4.88. The number of aldehydes is 1. The van der Waals surface area contributed by atoms with Gasteiger partial charge in [0.1, 0.15) is 17.6 Å². The first kappa shape index (κ1) is 14.1. The van der Waals surface area contributed by atoms with Gasteiger partial charge in [-0.1, -0.05) is 30.3 Å². The minimum absolute atomic E-state index is 0.0187. The van der Waals surface area contributed by atoms with Crippen molar-refractivity contribution in [3.63, 3.8) is 0 Å². The number of benzene rings is 2. The summed E-state index contributed by atoms with van der Waals surface area (Å²) in [6.45, 7) is 0.534. The fraction of sp³-hybridized carbons (Fsp3) is 0.111. The van der Waals surface area contributed by atoms with Crippen molar-refractivity contribution >= 4 is 17.3 Å². The van der Waals surface area contributed by atoms with E-state index in [2.05, 4.69) is 0 Å². The zero-order chi connectivity index (χ0) is 15.4. The number of rotatable bonds is 5. The molecule has 22 heavy (non-hydrogen) atoms. The topological polar surface area (TPSA) is 56.5 Å². The maximum absolute atomic E-state index is 11.9. The molecule has 0 N–H and O–H groups in total. The van der Waals surface area contributed by atoms with E-state index in [4.69, 9.17) is 9.15 Å². The molecule has 0 fully saturated rings. The highest BCUT2D eigenvalue weighted by Crippen LogP contribution is 2.19. The van der Waals surface area contributed by atoms with Gasteiger partial charge in [-0.05, 0) is 17.7 Å². The summed E-state index contributed by atoms with van der Waals surface area (Å²) in [6, 6.07) is 15.0. The van der Waals surface area contributed by atoms with Crippen molar-refractivity contribution in [2.75, 3.05) is 6.61 Å². The quantitative estimate of drug-likeness (QED) is 0.678. The summed E-state index contributed by atoms with van der Waals surface area (Å²) in [5.41, 5.74) is 1.30. The third kappa shape index (κ3) is 2.91. The van der Waals surface area contributed by atoms with Gasteiger partial charge in [-0.15, -0.1) is 0 Å². The normalized spacial score (nSPS) is 10.5. The molecule has 0 spiro atoms. The van der Waals surface area contributed by atoms with Crippen LogP contribution in [0, 0.1) is 0 Å². The van der Waals surface area contributed by atoms with Crippen LogP contribution in [0.5, 0.6) is 5.75 Å². The van der Waals surface area contributed by atoms with Gasteiger partial charge in [0.05, 0.1) is 17.6 Å². The second kappa shape index (κ2) is 6.26. The van der Waals surface area contributed by atoms with Gasteiger partial charge < -0.3 is 9.15 Å². The lowest BCUT2D eigenvalue weighted by Gasteiger charge is -2.07. The predicted octanol–water partition coefficient (Wildman–Crippen LogP) is 3.23. The molecule has 1 aromatic heterocycles. The summed E-state index contributed by atoms with van der Waals surface area (Å²) >= 11 is 0. The average molecular weight is 294 g/mol. The molecule has 0 bridgehead atoms. The highest BCUT2D eigenvalue weighted by Gasteiger charge is 2.07. The van der Waals surface area contributed by atoms with Gasteiger partial charge in [-0.25, -0.2) is 0 Å². The monoisotopic (exact) mass is 294 g/mol. The minimum Gasteiger partial charge on any atom is -0.493 e. The summed E-state index contributed by atoms with van der Waals surface area (Å²) in [7, 11) is 0. The fourth-order valence-electron chi connectivity index (χ4n) is 2.23. The number of hydrogen-bond acceptors (Lipinski definition) is 4. The molecule has 1 heterocycles. The number of ether oxygens (including phenoxy) is 1. The predicted molar refractivity (Wildman–Crippen MR) is 83.5 cm³/mol. The largest absolute Gasteiger partial charge is 0.493 e. The standard InChI is InChI=1S/C18H14O4/c19-11-14-12-22-17-10-15(6-7-16(17)18(14)20)21-9-8-13-4-2-1-3-5-13/h1-7,10-12H,8-9H2. The first-order valence-electron chi connectivity index (χ1n) is 6.95. The Bertz CT molecular complexity index is 850. The smallest absolute Gasteiger partial charge is 0.203 e. The van der Waals surface area contributed by atoms with Gasteiger partial charge in [0.2, 0.25) is 5.43 Å². The fourth-order valence-corrected chi connectivity index (χ4v) is 2.23. The molecule has 3 rings (SSSR count). The Morgan fingerprint density at radius 2 is 1.91 bits per heavy atom. The Morgan fingerprint density at radius 1 is 1.09 bits per heavy atom. The summed E-state index contributed by atoms with van der Waals surface area (Å²) in [5, 5.41) is 0.375. The van der Waals surface area contributed by atoms with Gasteiger partial charge in [-0.2, -0.15) is 0 Å². The molecule has 0 atom stereocenters. The third-order valence-corrected chi connectivity index (χ3v) is 3.40. The Morgan fingerprint density at radius 3 is 2.68 bits per heavy atom. The molecule has 0 amide bonds. The van der Waals surface area contributed by atoms with Crippen molar-refractivity contribution in [3.05, 3.63) is 76.1 Å². The van der Waals surface area contributed by atoms with Gasteiger partial charge in [0.15, 0.2) is 6.29 Å². The highest BCUT2D eigenvalue weighted by atomic mass is 16.5. The van der Waals surface area contributed by atoms with Crippen molar-refractivity contribution in [1.82, 2.24) is 0 Å². The van der Waals surface area contributed by atoms with Gasteiger partial charge in [0, 0.05) is 12.5 Å². The number of hydrogen-bond donors (Lipinski definition) is 0. The summed E-state index contributed by atoms with van der Waals surface area (Å²) in [5.74, 6) is 0.630. The Balaban J connectivity index is 1.75. The van der Waals surface area contributed by atoms with E-state index in [1.165, 1.54) is 11.8 Å². The molecule has 4 nitrogen and oxygen atoms in total. The maximum Gasteiger partial charge on any atom is 0.203 e. The van der Waals surface area contributed by atoms with Crippen LogP contribution in [0.2, 0.25) is 0 Å². The SMILES string of the molecule is O=Cc1coc2cc(OCCc3ccccc3)ccc2c1=O. The highest BCUT2D eigenvalue weighted by molar-refractivity contribution is 5.84. The van der Waals surface area contributed by atoms with E-state index in [0.717, 1.165) is 6.42 Å². The van der Waals surface area contributed by atoms with E-state index in [1.807, 2.05) is 30.3 Å². The van der Waals surface area contributed by atoms with Crippen molar-refractivity contribution in [2.45, 2.75) is 6.42 Å². The van der Waals surface area contributed by atoms with E-state index in [9.17, 15) is 9.59 Å². The average Bonchev–Trinajstić information content (AvgIpc) is 2.56. The number of carbonyl (C=O) groups excluding carboxylic acids is 1. The van der Waals surface area contributed by atoms with Crippen LogP contribution in [0.4, 0.5) is 0 Å². The molecule has 3 aromatic rings. The van der Waals surface area contributed by atoms with E-state index in [0.29, 0.717) is 29.6 Å². The van der Waals surface area contributed by atoms with Crippen LogP contribution in [0.3, 0.4) is 0 Å². The molecule has 2 aromatic carbocycles. The van der Waals surface area contributed by atoms with Crippen molar-refractivity contribution < 1.29 is 13.9 Å². The molecule has 0 aliphatic carbocycles. The van der Waals surface area contributed by atoms with Gasteiger partial charge in [0.25, 0.3) is 0 Å². The maximum atomic E-state index is 11.9. The lowest BCUT2D eigenvalue weighted by molar-refractivity contribution is 0.112. The molecule has 0 saturated carbocycles. The molecule has 0 radical (unpaired) electrons. The Hall–Kier alpha value is -2.88. The van der Waals surface area contributed by atoms with Crippen LogP contribution in [-0.4, -0.2) is 12.9 Å². The number of carbonyl (C=O) groups is 1. The molecule has 0 aliphatic rings. The van der Waals surface area contributed by atoms with Crippen LogP contribution in [-0.2, 0) is 6.42 Å². The molecule has 110 valence electrons. The first-order chi connectivity index (χ1) is 10.8. The van der Waals surface area contributed by atoms with Crippen LogP contribution in [0.25, 0.3) is 11.0 Å². The summed E-state index contributed by atoms with van der Waals surface area (Å²) < 4.78 is 11.0. The molecule has 4 heteroatoms. The van der Waals surface area contributed by atoms with Crippen LogP contribution in [0.1, 0.15) is 15.9 Å².